The highest BCUT2D eigenvalue weighted by molar-refractivity contribution is 6.01. The van der Waals surface area contributed by atoms with Gasteiger partial charge in [0.2, 0.25) is 11.6 Å². The van der Waals surface area contributed by atoms with Gasteiger partial charge in [-0.2, -0.15) is 0 Å². The first-order valence-corrected chi connectivity index (χ1v) is 8.03. The zero-order valence-corrected chi connectivity index (χ0v) is 15.4. The second kappa shape index (κ2) is 8.79. The SMILES string of the molecule is CCC(C(=O)Nc1ccc(OC)cc1)n1nnc(C(=O)OC)c1C(=O)OC. The summed E-state index contributed by atoms with van der Waals surface area (Å²) >= 11 is 0. The fourth-order valence-corrected chi connectivity index (χ4v) is 2.40. The largest absolute Gasteiger partial charge is 0.497 e. The molecule has 0 aliphatic heterocycles. The van der Waals surface area contributed by atoms with Crippen LogP contribution in [0.3, 0.4) is 0 Å². The molecule has 0 spiro atoms. The number of amides is 1. The van der Waals surface area contributed by atoms with Gasteiger partial charge in [-0.05, 0) is 30.7 Å². The first-order valence-electron chi connectivity index (χ1n) is 8.03. The van der Waals surface area contributed by atoms with Gasteiger partial charge in [0, 0.05) is 5.69 Å². The van der Waals surface area contributed by atoms with E-state index in [-0.39, 0.29) is 17.8 Å². The number of aromatic nitrogens is 3. The van der Waals surface area contributed by atoms with E-state index in [0.29, 0.717) is 11.4 Å². The number of carbonyl (C=O) groups is 3. The molecule has 1 unspecified atom stereocenters. The highest BCUT2D eigenvalue weighted by Crippen LogP contribution is 2.21. The average Bonchev–Trinajstić information content (AvgIpc) is 3.12. The number of hydrogen-bond acceptors (Lipinski definition) is 8. The maximum atomic E-state index is 12.7. The fourth-order valence-electron chi connectivity index (χ4n) is 2.40. The molecule has 1 atom stereocenters. The maximum absolute atomic E-state index is 12.7. The molecule has 1 N–H and O–H groups in total. The highest BCUT2D eigenvalue weighted by Gasteiger charge is 2.32. The van der Waals surface area contributed by atoms with Crippen LogP contribution in [0, 0.1) is 0 Å². The first kappa shape index (κ1) is 19.9. The van der Waals surface area contributed by atoms with Gasteiger partial charge in [-0.1, -0.05) is 12.1 Å². The van der Waals surface area contributed by atoms with Crippen molar-refractivity contribution in [1.82, 2.24) is 15.0 Å². The molecule has 2 rings (SSSR count). The van der Waals surface area contributed by atoms with Crippen LogP contribution < -0.4 is 10.1 Å². The van der Waals surface area contributed by atoms with Crippen molar-refractivity contribution in [2.24, 2.45) is 0 Å². The van der Waals surface area contributed by atoms with E-state index < -0.39 is 23.9 Å². The summed E-state index contributed by atoms with van der Waals surface area (Å²) < 4.78 is 15.4. The maximum Gasteiger partial charge on any atom is 0.361 e. The van der Waals surface area contributed by atoms with Crippen LogP contribution in [0.15, 0.2) is 24.3 Å². The number of nitrogens with zero attached hydrogens (tertiary/aromatic N) is 3. The van der Waals surface area contributed by atoms with Gasteiger partial charge in [0.15, 0.2) is 5.69 Å². The number of hydrogen-bond donors (Lipinski definition) is 1. The van der Waals surface area contributed by atoms with Crippen LogP contribution in [0.4, 0.5) is 5.69 Å². The molecule has 0 aliphatic rings. The summed E-state index contributed by atoms with van der Waals surface area (Å²) in [6.45, 7) is 1.73. The van der Waals surface area contributed by atoms with Crippen molar-refractivity contribution in [3.8, 4) is 5.75 Å². The Bertz CT molecular complexity index is 830. The third-order valence-electron chi connectivity index (χ3n) is 3.79. The zero-order chi connectivity index (χ0) is 20.0. The van der Waals surface area contributed by atoms with Crippen molar-refractivity contribution < 1.29 is 28.6 Å². The van der Waals surface area contributed by atoms with E-state index in [0.717, 1.165) is 18.9 Å². The van der Waals surface area contributed by atoms with E-state index in [1.165, 1.54) is 0 Å². The number of ether oxygens (including phenoxy) is 3. The molecule has 10 heteroatoms. The van der Waals surface area contributed by atoms with Crippen LogP contribution >= 0.6 is 0 Å². The number of rotatable bonds is 7. The van der Waals surface area contributed by atoms with E-state index in [4.69, 9.17) is 9.47 Å². The summed E-state index contributed by atoms with van der Waals surface area (Å²) in [5.41, 5.74) is -0.0340. The normalized spacial score (nSPS) is 11.4. The Morgan fingerprint density at radius 2 is 1.70 bits per heavy atom. The topological polar surface area (TPSA) is 122 Å². The van der Waals surface area contributed by atoms with Gasteiger partial charge in [0.1, 0.15) is 11.8 Å². The van der Waals surface area contributed by atoms with Crippen LogP contribution in [0.2, 0.25) is 0 Å². The lowest BCUT2D eigenvalue weighted by molar-refractivity contribution is -0.119. The Morgan fingerprint density at radius 1 is 1.07 bits per heavy atom. The molecule has 10 nitrogen and oxygen atoms in total. The Morgan fingerprint density at radius 3 is 2.22 bits per heavy atom. The van der Waals surface area contributed by atoms with Crippen LogP contribution in [-0.4, -0.2) is 54.2 Å². The predicted octanol–water partition coefficient (Wildman–Crippen LogP) is 1.45. The van der Waals surface area contributed by atoms with Crippen LogP contribution in [-0.2, 0) is 14.3 Å². The van der Waals surface area contributed by atoms with Crippen molar-refractivity contribution in [2.75, 3.05) is 26.6 Å². The van der Waals surface area contributed by atoms with Gasteiger partial charge in [-0.3, -0.25) is 4.79 Å². The number of esters is 2. The van der Waals surface area contributed by atoms with Crippen molar-refractivity contribution in [2.45, 2.75) is 19.4 Å². The van der Waals surface area contributed by atoms with Crippen LogP contribution in [0.25, 0.3) is 0 Å². The summed E-state index contributed by atoms with van der Waals surface area (Å²) in [5, 5.41) is 10.2. The van der Waals surface area contributed by atoms with Crippen molar-refractivity contribution in [3.05, 3.63) is 35.7 Å². The molecule has 0 aliphatic carbocycles. The Hall–Kier alpha value is -3.43. The van der Waals surface area contributed by atoms with Crippen molar-refractivity contribution in [1.29, 1.82) is 0 Å². The summed E-state index contributed by atoms with van der Waals surface area (Å²) in [6, 6.07) is 5.84. The van der Waals surface area contributed by atoms with E-state index in [1.807, 2.05) is 0 Å². The molecule has 0 radical (unpaired) electrons. The molecule has 27 heavy (non-hydrogen) atoms. The monoisotopic (exact) mass is 376 g/mol. The van der Waals surface area contributed by atoms with E-state index in [2.05, 4.69) is 20.4 Å². The van der Waals surface area contributed by atoms with Gasteiger partial charge in [0.25, 0.3) is 0 Å². The van der Waals surface area contributed by atoms with Crippen molar-refractivity contribution >= 4 is 23.5 Å². The van der Waals surface area contributed by atoms with Gasteiger partial charge in [-0.15, -0.1) is 5.10 Å². The predicted molar refractivity (Wildman–Crippen MR) is 93.7 cm³/mol. The number of methoxy groups -OCH3 is 3. The molecule has 1 heterocycles. The Balaban J connectivity index is 2.35. The molecule has 1 aromatic carbocycles. The highest BCUT2D eigenvalue weighted by atomic mass is 16.5. The van der Waals surface area contributed by atoms with E-state index in [1.54, 1.807) is 38.3 Å². The lowest BCUT2D eigenvalue weighted by Gasteiger charge is -2.17. The van der Waals surface area contributed by atoms with Gasteiger partial charge < -0.3 is 19.5 Å². The summed E-state index contributed by atoms with van der Waals surface area (Å²) in [7, 11) is 3.84. The second-order valence-corrected chi connectivity index (χ2v) is 5.36. The molecular formula is C17H20N4O6. The molecule has 1 amide bonds. The quantitative estimate of drug-likeness (QED) is 0.721. The molecule has 0 saturated carbocycles. The third kappa shape index (κ3) is 4.22. The number of benzene rings is 1. The second-order valence-electron chi connectivity index (χ2n) is 5.36. The van der Waals surface area contributed by atoms with Gasteiger partial charge in [0.05, 0.1) is 21.3 Å². The minimum atomic E-state index is -0.896. The fraction of sp³-hybridized carbons (Fsp3) is 0.353. The summed E-state index contributed by atoms with van der Waals surface area (Å²) in [5.74, 6) is -1.50. The zero-order valence-electron chi connectivity index (χ0n) is 15.4. The van der Waals surface area contributed by atoms with Crippen LogP contribution in [0.1, 0.15) is 40.4 Å². The minimum absolute atomic E-state index is 0.249. The summed E-state index contributed by atoms with van der Waals surface area (Å²) in [4.78, 5) is 36.7. The third-order valence-corrected chi connectivity index (χ3v) is 3.79. The number of carbonyl (C=O) groups excluding carboxylic acids is 3. The Kier molecular flexibility index (Phi) is 6.47. The van der Waals surface area contributed by atoms with E-state index in [9.17, 15) is 14.4 Å². The number of anilines is 1. The molecule has 1 aromatic heterocycles. The average molecular weight is 376 g/mol. The smallest absolute Gasteiger partial charge is 0.361 e. The van der Waals surface area contributed by atoms with Crippen molar-refractivity contribution in [3.63, 3.8) is 0 Å². The molecule has 144 valence electrons. The lowest BCUT2D eigenvalue weighted by Crippen LogP contribution is -2.29. The Labute approximate surface area is 155 Å². The van der Waals surface area contributed by atoms with Gasteiger partial charge in [-0.25, -0.2) is 14.3 Å². The van der Waals surface area contributed by atoms with E-state index >= 15 is 0 Å². The molecular weight excluding hydrogens is 356 g/mol. The van der Waals surface area contributed by atoms with Crippen LogP contribution in [0.5, 0.6) is 5.75 Å². The minimum Gasteiger partial charge on any atom is -0.497 e. The van der Waals surface area contributed by atoms with Gasteiger partial charge >= 0.3 is 11.9 Å². The first-order chi connectivity index (χ1) is 13.0. The molecule has 2 aromatic rings. The molecule has 0 fully saturated rings. The number of nitrogens with one attached hydrogen (secondary N) is 1. The molecule has 0 bridgehead atoms. The lowest BCUT2D eigenvalue weighted by atomic mass is 10.2. The molecule has 0 saturated heterocycles. The standard InChI is InChI=1S/C17H20N4O6/c1-5-12(15(22)18-10-6-8-11(25-2)9-7-10)21-14(17(24)27-4)13(19-20-21)16(23)26-3/h6-9,12H,5H2,1-4H3,(H,18,22). The summed E-state index contributed by atoms with van der Waals surface area (Å²) in [6.07, 6.45) is 0.288.